The van der Waals surface area contributed by atoms with Crippen molar-refractivity contribution in [2.75, 3.05) is 0 Å². The molecule has 0 aliphatic carbocycles. The maximum atomic E-state index is 9.90. The van der Waals surface area contributed by atoms with E-state index in [0.717, 1.165) is 19.3 Å². The van der Waals surface area contributed by atoms with Crippen molar-refractivity contribution in [3.05, 3.63) is 35.9 Å². The molecule has 0 radical (unpaired) electrons. The van der Waals surface area contributed by atoms with Gasteiger partial charge in [0.05, 0.1) is 6.10 Å². The zero-order chi connectivity index (χ0) is 10.4. The molecule has 1 nitrogen and oxygen atoms in total. The summed E-state index contributed by atoms with van der Waals surface area (Å²) in [5.74, 6) is 0.253. The first-order valence-electron chi connectivity index (χ1n) is 5.48. The maximum absolute atomic E-state index is 9.90. The Morgan fingerprint density at radius 2 is 1.86 bits per heavy atom. The SMILES string of the molecule is CCCCC(O)[C@H](C)c1ccccc1. The van der Waals surface area contributed by atoms with E-state index < -0.39 is 0 Å². The first-order chi connectivity index (χ1) is 6.75. The lowest BCUT2D eigenvalue weighted by Crippen LogP contribution is -2.15. The van der Waals surface area contributed by atoms with Crippen LogP contribution < -0.4 is 0 Å². The predicted molar refractivity (Wildman–Crippen MR) is 60.4 cm³/mol. The van der Waals surface area contributed by atoms with E-state index in [2.05, 4.69) is 26.0 Å². The summed E-state index contributed by atoms with van der Waals surface area (Å²) < 4.78 is 0. The monoisotopic (exact) mass is 192 g/mol. The molecule has 0 amide bonds. The highest BCUT2D eigenvalue weighted by Gasteiger charge is 2.14. The standard InChI is InChI=1S/C13H20O/c1-3-4-10-13(14)11(2)12-8-6-5-7-9-12/h5-9,11,13-14H,3-4,10H2,1-2H3/t11-,13?/m1/s1. The van der Waals surface area contributed by atoms with Crippen LogP contribution in [0, 0.1) is 0 Å². The fourth-order valence-corrected chi connectivity index (χ4v) is 1.64. The fraction of sp³-hybridized carbons (Fsp3) is 0.538. The highest BCUT2D eigenvalue weighted by Crippen LogP contribution is 2.21. The van der Waals surface area contributed by atoms with Gasteiger partial charge in [0.2, 0.25) is 0 Å². The van der Waals surface area contributed by atoms with E-state index in [9.17, 15) is 5.11 Å². The molecule has 1 heteroatoms. The van der Waals surface area contributed by atoms with Gasteiger partial charge in [-0.2, -0.15) is 0 Å². The van der Waals surface area contributed by atoms with Gasteiger partial charge in [-0.05, 0) is 12.0 Å². The van der Waals surface area contributed by atoms with Crippen LogP contribution in [0.5, 0.6) is 0 Å². The quantitative estimate of drug-likeness (QED) is 0.758. The number of aliphatic hydroxyl groups is 1. The van der Waals surface area contributed by atoms with Crippen molar-refractivity contribution in [3.63, 3.8) is 0 Å². The normalized spacial score (nSPS) is 15.1. The summed E-state index contributed by atoms with van der Waals surface area (Å²) in [4.78, 5) is 0. The Labute approximate surface area is 86.8 Å². The molecule has 1 aromatic rings. The molecule has 0 heterocycles. The Morgan fingerprint density at radius 1 is 1.21 bits per heavy atom. The van der Waals surface area contributed by atoms with Gasteiger partial charge in [0.1, 0.15) is 0 Å². The van der Waals surface area contributed by atoms with Crippen LogP contribution in [0.3, 0.4) is 0 Å². The van der Waals surface area contributed by atoms with Crippen molar-refractivity contribution in [2.45, 2.75) is 45.1 Å². The molecular formula is C13H20O. The van der Waals surface area contributed by atoms with E-state index in [1.165, 1.54) is 5.56 Å². The molecule has 0 aliphatic heterocycles. The Hall–Kier alpha value is -0.820. The largest absolute Gasteiger partial charge is 0.393 e. The minimum absolute atomic E-state index is 0.197. The lowest BCUT2D eigenvalue weighted by molar-refractivity contribution is 0.137. The maximum Gasteiger partial charge on any atom is 0.0606 e. The molecule has 1 aromatic carbocycles. The molecule has 0 fully saturated rings. The summed E-state index contributed by atoms with van der Waals surface area (Å²) in [6, 6.07) is 10.2. The lowest BCUT2D eigenvalue weighted by atomic mass is 9.92. The van der Waals surface area contributed by atoms with Crippen LogP contribution in [-0.2, 0) is 0 Å². The lowest BCUT2D eigenvalue weighted by Gasteiger charge is -2.18. The second-order valence-corrected chi connectivity index (χ2v) is 3.91. The van der Waals surface area contributed by atoms with Crippen molar-refractivity contribution >= 4 is 0 Å². The van der Waals surface area contributed by atoms with Crippen LogP contribution in [0.15, 0.2) is 30.3 Å². The number of hydrogen-bond donors (Lipinski definition) is 1. The molecule has 2 atom stereocenters. The molecule has 0 saturated carbocycles. The van der Waals surface area contributed by atoms with Crippen LogP contribution >= 0.6 is 0 Å². The van der Waals surface area contributed by atoms with Gasteiger partial charge in [0, 0.05) is 5.92 Å². The van der Waals surface area contributed by atoms with E-state index in [-0.39, 0.29) is 12.0 Å². The molecular weight excluding hydrogens is 172 g/mol. The summed E-state index contributed by atoms with van der Waals surface area (Å²) in [7, 11) is 0. The Balaban J connectivity index is 2.52. The third kappa shape index (κ3) is 3.15. The Morgan fingerprint density at radius 3 is 2.43 bits per heavy atom. The van der Waals surface area contributed by atoms with E-state index in [0.29, 0.717) is 0 Å². The van der Waals surface area contributed by atoms with Crippen molar-refractivity contribution < 1.29 is 5.11 Å². The number of unbranched alkanes of at least 4 members (excludes halogenated alkanes) is 1. The zero-order valence-corrected chi connectivity index (χ0v) is 9.11. The van der Waals surface area contributed by atoms with E-state index in [1.54, 1.807) is 0 Å². The van der Waals surface area contributed by atoms with Gasteiger partial charge in [-0.1, -0.05) is 57.0 Å². The highest BCUT2D eigenvalue weighted by molar-refractivity contribution is 5.19. The average Bonchev–Trinajstić information content (AvgIpc) is 2.26. The van der Waals surface area contributed by atoms with Gasteiger partial charge in [0.15, 0.2) is 0 Å². The topological polar surface area (TPSA) is 20.2 Å². The molecule has 0 aliphatic rings. The van der Waals surface area contributed by atoms with Gasteiger partial charge in [-0.3, -0.25) is 0 Å². The second-order valence-electron chi connectivity index (χ2n) is 3.91. The molecule has 78 valence electrons. The predicted octanol–water partition coefficient (Wildman–Crippen LogP) is 3.34. The van der Waals surface area contributed by atoms with Gasteiger partial charge in [-0.15, -0.1) is 0 Å². The average molecular weight is 192 g/mol. The third-order valence-corrected chi connectivity index (χ3v) is 2.76. The van der Waals surface area contributed by atoms with Gasteiger partial charge < -0.3 is 5.11 Å². The minimum Gasteiger partial charge on any atom is -0.393 e. The van der Waals surface area contributed by atoms with Crippen LogP contribution in [0.2, 0.25) is 0 Å². The number of benzene rings is 1. The summed E-state index contributed by atoms with van der Waals surface area (Å²) in [6.07, 6.45) is 2.97. The van der Waals surface area contributed by atoms with Gasteiger partial charge in [0.25, 0.3) is 0 Å². The number of aliphatic hydroxyl groups excluding tert-OH is 1. The smallest absolute Gasteiger partial charge is 0.0606 e. The molecule has 14 heavy (non-hydrogen) atoms. The van der Waals surface area contributed by atoms with E-state index in [4.69, 9.17) is 0 Å². The van der Waals surface area contributed by atoms with E-state index >= 15 is 0 Å². The van der Waals surface area contributed by atoms with Gasteiger partial charge >= 0.3 is 0 Å². The fourth-order valence-electron chi connectivity index (χ4n) is 1.64. The second kappa shape index (κ2) is 5.82. The van der Waals surface area contributed by atoms with Crippen molar-refractivity contribution in [1.82, 2.24) is 0 Å². The molecule has 0 aromatic heterocycles. The van der Waals surface area contributed by atoms with Gasteiger partial charge in [-0.25, -0.2) is 0 Å². The van der Waals surface area contributed by atoms with Crippen LogP contribution in [0.25, 0.3) is 0 Å². The Bertz CT molecular complexity index is 243. The molecule has 1 N–H and O–H groups in total. The number of hydrogen-bond acceptors (Lipinski definition) is 1. The summed E-state index contributed by atoms with van der Waals surface area (Å²) in [6.45, 7) is 4.25. The molecule has 1 unspecified atom stereocenters. The summed E-state index contributed by atoms with van der Waals surface area (Å²) >= 11 is 0. The minimum atomic E-state index is -0.197. The third-order valence-electron chi connectivity index (χ3n) is 2.76. The highest BCUT2D eigenvalue weighted by atomic mass is 16.3. The molecule has 1 rings (SSSR count). The van der Waals surface area contributed by atoms with Crippen molar-refractivity contribution in [3.8, 4) is 0 Å². The van der Waals surface area contributed by atoms with Crippen molar-refractivity contribution in [1.29, 1.82) is 0 Å². The van der Waals surface area contributed by atoms with E-state index in [1.807, 2.05) is 18.2 Å². The first kappa shape index (κ1) is 11.3. The zero-order valence-electron chi connectivity index (χ0n) is 9.11. The molecule has 0 bridgehead atoms. The Kier molecular flexibility index (Phi) is 4.68. The first-order valence-corrected chi connectivity index (χ1v) is 5.48. The molecule has 0 spiro atoms. The summed E-state index contributed by atoms with van der Waals surface area (Å²) in [5.41, 5.74) is 1.23. The van der Waals surface area contributed by atoms with Crippen LogP contribution in [-0.4, -0.2) is 11.2 Å². The summed E-state index contributed by atoms with van der Waals surface area (Å²) in [5, 5.41) is 9.90. The number of rotatable bonds is 5. The van der Waals surface area contributed by atoms with Crippen LogP contribution in [0.1, 0.15) is 44.6 Å². The van der Waals surface area contributed by atoms with Crippen molar-refractivity contribution in [2.24, 2.45) is 0 Å². The van der Waals surface area contributed by atoms with Crippen LogP contribution in [0.4, 0.5) is 0 Å². The molecule has 0 saturated heterocycles.